The molecule has 0 saturated carbocycles. The number of aliphatic hydroxyl groups is 1. The fourth-order valence-electron chi connectivity index (χ4n) is 3.41. The summed E-state index contributed by atoms with van der Waals surface area (Å²) < 4.78 is 16.9. The number of aliphatic hydroxyl groups excluding tert-OH is 1. The number of ether oxygens (including phenoxy) is 3. The van der Waals surface area contributed by atoms with Crippen LogP contribution in [0.4, 0.5) is 4.79 Å². The van der Waals surface area contributed by atoms with Crippen LogP contribution in [0, 0.1) is 0 Å². The SMILES string of the molecule is COc1ccc([C@H](O)[C@H]2COC(C)(C)N2C(=O)OC(C)(C)C)cc1CC=C(C)C. The molecule has 0 radical (unpaired) electrons. The van der Waals surface area contributed by atoms with Crippen molar-refractivity contribution in [3.05, 3.63) is 41.0 Å². The Bertz CT molecular complexity index is 759. The first kappa shape index (κ1) is 23.2. The summed E-state index contributed by atoms with van der Waals surface area (Å²) in [6.45, 7) is 13.4. The zero-order chi connectivity index (χ0) is 22.0. The molecular formula is C23H35NO5. The number of amides is 1. The minimum Gasteiger partial charge on any atom is -0.496 e. The van der Waals surface area contributed by atoms with E-state index < -0.39 is 29.6 Å². The van der Waals surface area contributed by atoms with Gasteiger partial charge in [0.1, 0.15) is 23.2 Å². The van der Waals surface area contributed by atoms with E-state index in [1.807, 2.05) is 52.8 Å². The summed E-state index contributed by atoms with van der Waals surface area (Å²) in [5, 5.41) is 11.1. The second kappa shape index (κ2) is 8.76. The summed E-state index contributed by atoms with van der Waals surface area (Å²) in [5.74, 6) is 0.769. The predicted octanol–water partition coefficient (Wildman–Crippen LogP) is 4.61. The van der Waals surface area contributed by atoms with Gasteiger partial charge >= 0.3 is 6.09 Å². The van der Waals surface area contributed by atoms with E-state index in [1.54, 1.807) is 21.0 Å². The highest BCUT2D eigenvalue weighted by Crippen LogP contribution is 2.36. The van der Waals surface area contributed by atoms with E-state index in [1.165, 1.54) is 10.5 Å². The molecule has 1 amide bonds. The Morgan fingerprint density at radius 2 is 2.03 bits per heavy atom. The third kappa shape index (κ3) is 5.73. The standard InChI is InChI=1S/C23H35NO5/c1-15(2)9-10-16-13-17(11-12-19(16)27-8)20(25)18-14-28-23(6,7)24(18)21(26)29-22(3,4)5/h9,11-13,18,20,25H,10,14H2,1-8H3/t18-,20+/m1/s1. The molecule has 2 rings (SSSR count). The first-order valence-corrected chi connectivity index (χ1v) is 10.00. The highest BCUT2D eigenvalue weighted by molar-refractivity contribution is 5.70. The van der Waals surface area contributed by atoms with Crippen LogP contribution in [0.5, 0.6) is 5.75 Å². The molecule has 162 valence electrons. The molecule has 0 aliphatic carbocycles. The number of carbonyl (C=O) groups excluding carboxylic acids is 1. The van der Waals surface area contributed by atoms with Crippen LogP contribution in [-0.4, -0.2) is 47.2 Å². The lowest BCUT2D eigenvalue weighted by Crippen LogP contribution is -2.51. The third-order valence-electron chi connectivity index (χ3n) is 4.85. The van der Waals surface area contributed by atoms with Gasteiger partial charge in [-0.05, 0) is 78.1 Å². The van der Waals surface area contributed by atoms with Gasteiger partial charge in [0.2, 0.25) is 0 Å². The summed E-state index contributed by atoms with van der Waals surface area (Å²) in [7, 11) is 1.63. The number of benzene rings is 1. The maximum absolute atomic E-state index is 12.9. The molecule has 6 heteroatoms. The van der Waals surface area contributed by atoms with Crippen molar-refractivity contribution in [1.82, 2.24) is 4.90 Å². The Labute approximate surface area is 174 Å². The van der Waals surface area contributed by atoms with Crippen LogP contribution < -0.4 is 4.74 Å². The van der Waals surface area contributed by atoms with E-state index in [2.05, 4.69) is 6.08 Å². The Hall–Kier alpha value is -2.05. The van der Waals surface area contributed by atoms with Crippen molar-refractivity contribution in [2.24, 2.45) is 0 Å². The highest BCUT2D eigenvalue weighted by Gasteiger charge is 2.48. The zero-order valence-corrected chi connectivity index (χ0v) is 18.9. The third-order valence-corrected chi connectivity index (χ3v) is 4.85. The number of hydrogen-bond acceptors (Lipinski definition) is 5. The molecule has 2 atom stereocenters. The maximum atomic E-state index is 12.9. The van der Waals surface area contributed by atoms with Crippen LogP contribution in [0.1, 0.15) is 65.7 Å². The number of carbonyl (C=O) groups is 1. The Balaban J connectivity index is 2.34. The van der Waals surface area contributed by atoms with Gasteiger partial charge < -0.3 is 19.3 Å². The Morgan fingerprint density at radius 1 is 1.38 bits per heavy atom. The molecule has 1 fully saturated rings. The van der Waals surface area contributed by atoms with Crippen LogP contribution in [0.15, 0.2) is 29.8 Å². The van der Waals surface area contributed by atoms with E-state index in [4.69, 9.17) is 14.2 Å². The summed E-state index contributed by atoms with van der Waals surface area (Å²) in [5.41, 5.74) is 1.39. The molecule has 0 aromatic heterocycles. The summed E-state index contributed by atoms with van der Waals surface area (Å²) in [4.78, 5) is 14.4. The summed E-state index contributed by atoms with van der Waals surface area (Å²) in [6, 6.07) is 5.06. The number of rotatable bonds is 5. The molecule has 1 N–H and O–H groups in total. The van der Waals surface area contributed by atoms with Gasteiger partial charge in [0, 0.05) is 0 Å². The lowest BCUT2D eigenvalue weighted by Gasteiger charge is -2.36. The van der Waals surface area contributed by atoms with Gasteiger partial charge in [0.25, 0.3) is 0 Å². The topological polar surface area (TPSA) is 68.2 Å². The van der Waals surface area contributed by atoms with Crippen molar-refractivity contribution in [1.29, 1.82) is 0 Å². The molecule has 1 aliphatic heterocycles. The van der Waals surface area contributed by atoms with Gasteiger partial charge in [-0.25, -0.2) is 4.79 Å². The average molecular weight is 406 g/mol. The average Bonchev–Trinajstić information content (AvgIpc) is 2.92. The normalized spacial score (nSPS) is 19.6. The fourth-order valence-corrected chi connectivity index (χ4v) is 3.41. The molecule has 0 bridgehead atoms. The van der Waals surface area contributed by atoms with Crippen molar-refractivity contribution in [2.75, 3.05) is 13.7 Å². The quantitative estimate of drug-likeness (QED) is 0.725. The minimum atomic E-state index is -0.916. The second-order valence-electron chi connectivity index (χ2n) is 9.18. The van der Waals surface area contributed by atoms with E-state index in [9.17, 15) is 9.90 Å². The van der Waals surface area contributed by atoms with E-state index in [0.717, 1.165) is 11.3 Å². The molecule has 29 heavy (non-hydrogen) atoms. The number of allylic oxidation sites excluding steroid dienone is 2. The minimum absolute atomic E-state index is 0.225. The van der Waals surface area contributed by atoms with E-state index in [-0.39, 0.29) is 6.61 Å². The summed E-state index contributed by atoms with van der Waals surface area (Å²) >= 11 is 0. The largest absolute Gasteiger partial charge is 0.496 e. The molecule has 1 aromatic rings. The predicted molar refractivity (Wildman–Crippen MR) is 113 cm³/mol. The van der Waals surface area contributed by atoms with Crippen molar-refractivity contribution in [3.8, 4) is 5.75 Å². The van der Waals surface area contributed by atoms with Crippen LogP contribution in [0.2, 0.25) is 0 Å². The van der Waals surface area contributed by atoms with Gasteiger partial charge in [-0.3, -0.25) is 4.90 Å². The van der Waals surface area contributed by atoms with Crippen LogP contribution >= 0.6 is 0 Å². The van der Waals surface area contributed by atoms with Gasteiger partial charge in [0.05, 0.1) is 19.8 Å². The molecule has 1 aromatic carbocycles. The fraction of sp³-hybridized carbons (Fsp3) is 0.609. The molecular weight excluding hydrogens is 370 g/mol. The van der Waals surface area contributed by atoms with Gasteiger partial charge in [0.15, 0.2) is 0 Å². The van der Waals surface area contributed by atoms with Crippen molar-refractivity contribution in [3.63, 3.8) is 0 Å². The molecule has 1 saturated heterocycles. The van der Waals surface area contributed by atoms with E-state index in [0.29, 0.717) is 12.0 Å². The van der Waals surface area contributed by atoms with Crippen LogP contribution in [-0.2, 0) is 15.9 Å². The monoisotopic (exact) mass is 405 g/mol. The van der Waals surface area contributed by atoms with E-state index >= 15 is 0 Å². The highest BCUT2D eigenvalue weighted by atomic mass is 16.6. The number of methoxy groups -OCH3 is 1. The lowest BCUT2D eigenvalue weighted by molar-refractivity contribution is -0.0679. The first-order valence-electron chi connectivity index (χ1n) is 10.00. The second-order valence-corrected chi connectivity index (χ2v) is 9.18. The number of nitrogens with zero attached hydrogens (tertiary/aromatic N) is 1. The van der Waals surface area contributed by atoms with Crippen LogP contribution in [0.3, 0.4) is 0 Å². The maximum Gasteiger partial charge on any atom is 0.413 e. The molecule has 0 unspecified atom stereocenters. The lowest BCUT2D eigenvalue weighted by atomic mass is 9.97. The molecule has 1 heterocycles. The molecule has 6 nitrogen and oxygen atoms in total. The molecule has 1 aliphatic rings. The Kier molecular flexibility index (Phi) is 7.01. The Morgan fingerprint density at radius 3 is 2.59 bits per heavy atom. The smallest absolute Gasteiger partial charge is 0.413 e. The zero-order valence-electron chi connectivity index (χ0n) is 18.9. The molecule has 0 spiro atoms. The van der Waals surface area contributed by atoms with Gasteiger partial charge in [-0.15, -0.1) is 0 Å². The van der Waals surface area contributed by atoms with Crippen molar-refractivity contribution < 1.29 is 24.1 Å². The van der Waals surface area contributed by atoms with Crippen molar-refractivity contribution >= 4 is 6.09 Å². The summed E-state index contributed by atoms with van der Waals surface area (Å²) in [6.07, 6.45) is 1.40. The number of hydrogen-bond donors (Lipinski definition) is 1. The van der Waals surface area contributed by atoms with Crippen molar-refractivity contribution in [2.45, 2.75) is 78.4 Å². The van der Waals surface area contributed by atoms with Gasteiger partial charge in [-0.2, -0.15) is 0 Å². The van der Waals surface area contributed by atoms with Gasteiger partial charge in [-0.1, -0.05) is 17.7 Å². The first-order chi connectivity index (χ1) is 13.4. The van der Waals surface area contributed by atoms with Crippen LogP contribution in [0.25, 0.3) is 0 Å².